The predicted molar refractivity (Wildman–Crippen MR) is 59.3 cm³/mol. The van der Waals surface area contributed by atoms with Gasteiger partial charge in [-0.05, 0) is 30.9 Å². The van der Waals surface area contributed by atoms with E-state index in [1.54, 1.807) is 0 Å². The average Bonchev–Trinajstić information content (AvgIpc) is 2.87. The Kier molecular flexibility index (Phi) is 2.74. The third-order valence-electron chi connectivity index (χ3n) is 2.93. The molecule has 1 saturated carbocycles. The molecule has 1 aliphatic carbocycles. The lowest BCUT2D eigenvalue weighted by atomic mass is 10.0. The van der Waals surface area contributed by atoms with Gasteiger partial charge in [-0.3, -0.25) is 0 Å². The first-order chi connectivity index (χ1) is 7.73. The second-order valence-electron chi connectivity index (χ2n) is 4.66. The quantitative estimate of drug-likeness (QED) is 0.894. The number of benzene rings is 1. The van der Waals surface area contributed by atoms with Crippen LogP contribution < -0.4 is 5.73 Å². The molecule has 2 rings (SSSR count). The van der Waals surface area contributed by atoms with E-state index in [0.717, 1.165) is 25.2 Å². The molecule has 0 heterocycles. The molecule has 2 N–H and O–H groups in total. The fourth-order valence-corrected chi connectivity index (χ4v) is 2.65. The van der Waals surface area contributed by atoms with Crippen molar-refractivity contribution in [2.45, 2.75) is 29.7 Å². The van der Waals surface area contributed by atoms with E-state index in [2.05, 4.69) is 0 Å². The van der Waals surface area contributed by atoms with Gasteiger partial charge in [0.15, 0.2) is 9.84 Å². The Morgan fingerprint density at radius 1 is 1.35 bits per heavy atom. The van der Waals surface area contributed by atoms with Crippen molar-refractivity contribution in [1.29, 1.82) is 0 Å². The molecule has 0 saturated heterocycles. The third-order valence-corrected chi connectivity index (χ3v) is 4.05. The Balaban J connectivity index is 2.50. The van der Waals surface area contributed by atoms with Crippen LogP contribution in [0.4, 0.5) is 8.78 Å². The monoisotopic (exact) mass is 261 g/mol. The van der Waals surface area contributed by atoms with Crippen molar-refractivity contribution >= 4 is 9.84 Å². The Bertz CT molecular complexity index is 565. The minimum atomic E-state index is -3.91. The van der Waals surface area contributed by atoms with Crippen molar-refractivity contribution in [3.8, 4) is 0 Å². The molecule has 0 aliphatic heterocycles. The van der Waals surface area contributed by atoms with E-state index in [4.69, 9.17) is 5.73 Å². The third kappa shape index (κ3) is 2.47. The van der Waals surface area contributed by atoms with Crippen LogP contribution in [0.25, 0.3) is 0 Å². The summed E-state index contributed by atoms with van der Waals surface area (Å²) in [5, 5.41) is 0. The summed E-state index contributed by atoms with van der Waals surface area (Å²) in [4.78, 5) is -0.862. The zero-order valence-electron chi connectivity index (χ0n) is 9.33. The van der Waals surface area contributed by atoms with Gasteiger partial charge in [-0.2, -0.15) is 0 Å². The van der Waals surface area contributed by atoms with Crippen LogP contribution in [0, 0.1) is 11.6 Å². The molecule has 1 aliphatic rings. The van der Waals surface area contributed by atoms with Crippen molar-refractivity contribution in [3.63, 3.8) is 0 Å². The molecule has 0 aromatic heterocycles. The molecule has 0 atom stereocenters. The van der Waals surface area contributed by atoms with Crippen LogP contribution in [0.3, 0.4) is 0 Å². The van der Waals surface area contributed by atoms with Gasteiger partial charge >= 0.3 is 0 Å². The lowest BCUT2D eigenvalue weighted by Gasteiger charge is -2.12. The number of nitrogens with two attached hydrogens (primary N) is 1. The van der Waals surface area contributed by atoms with Crippen LogP contribution in [-0.4, -0.2) is 20.2 Å². The predicted octanol–water partition coefficient (Wildman–Crippen LogP) is 1.40. The second-order valence-corrected chi connectivity index (χ2v) is 6.61. The van der Waals surface area contributed by atoms with Gasteiger partial charge in [-0.1, -0.05) is 6.07 Å². The summed E-state index contributed by atoms with van der Waals surface area (Å²) in [5.41, 5.74) is 5.54. The first kappa shape index (κ1) is 12.4. The summed E-state index contributed by atoms with van der Waals surface area (Å²) < 4.78 is 49.8. The van der Waals surface area contributed by atoms with Gasteiger partial charge < -0.3 is 5.73 Å². The highest BCUT2D eigenvalue weighted by Gasteiger charge is 2.39. The van der Waals surface area contributed by atoms with E-state index >= 15 is 0 Å². The molecule has 17 heavy (non-hydrogen) atoms. The Morgan fingerprint density at radius 3 is 2.41 bits per heavy atom. The van der Waals surface area contributed by atoms with Crippen molar-refractivity contribution in [2.75, 3.05) is 6.26 Å². The Morgan fingerprint density at radius 2 is 1.94 bits per heavy atom. The van der Waals surface area contributed by atoms with Gasteiger partial charge in [0.1, 0.15) is 16.5 Å². The van der Waals surface area contributed by atoms with Crippen LogP contribution in [0.2, 0.25) is 0 Å². The van der Waals surface area contributed by atoms with Gasteiger partial charge in [-0.25, -0.2) is 17.2 Å². The van der Waals surface area contributed by atoms with Gasteiger partial charge in [0, 0.05) is 11.8 Å². The van der Waals surface area contributed by atoms with Gasteiger partial charge in [0.05, 0.1) is 0 Å². The van der Waals surface area contributed by atoms with Crippen LogP contribution in [0.5, 0.6) is 0 Å². The molecule has 0 radical (unpaired) electrons. The van der Waals surface area contributed by atoms with Crippen LogP contribution in [0.15, 0.2) is 17.0 Å². The molecule has 0 unspecified atom stereocenters. The number of hydrogen-bond donors (Lipinski definition) is 1. The maximum absolute atomic E-state index is 13.9. The minimum absolute atomic E-state index is 0.159. The first-order valence-electron chi connectivity index (χ1n) is 5.19. The summed E-state index contributed by atoms with van der Waals surface area (Å²) in [5.74, 6) is -2.07. The molecule has 1 aromatic carbocycles. The van der Waals surface area contributed by atoms with Crippen molar-refractivity contribution in [3.05, 3.63) is 29.3 Å². The summed E-state index contributed by atoms with van der Waals surface area (Å²) in [6, 6.07) is 2.23. The van der Waals surface area contributed by atoms with E-state index in [1.807, 2.05) is 0 Å². The van der Waals surface area contributed by atoms with E-state index in [-0.39, 0.29) is 12.0 Å². The summed E-state index contributed by atoms with van der Waals surface area (Å²) >= 11 is 0. The standard InChI is InChI=1S/C11H13F2NO2S/c1-17(15,16)10-8(12)3-2-7(9(10)13)6-11(14)4-5-11/h2-3H,4-6,14H2,1H3. The number of rotatable bonds is 3. The maximum atomic E-state index is 13.9. The molecule has 3 nitrogen and oxygen atoms in total. The SMILES string of the molecule is CS(=O)(=O)c1c(F)ccc(CC2(N)CC2)c1F. The summed E-state index contributed by atoms with van der Waals surface area (Å²) in [6.45, 7) is 0. The zero-order chi connectivity index (χ0) is 12.8. The highest BCUT2D eigenvalue weighted by Crippen LogP contribution is 2.37. The number of halogens is 2. The number of hydrogen-bond acceptors (Lipinski definition) is 3. The van der Waals surface area contributed by atoms with E-state index in [0.29, 0.717) is 0 Å². The summed E-state index contributed by atoms with van der Waals surface area (Å²) in [7, 11) is -3.91. The second kappa shape index (κ2) is 3.74. The fourth-order valence-electron chi connectivity index (χ4n) is 1.77. The Labute approximate surface area is 98.5 Å². The molecular weight excluding hydrogens is 248 g/mol. The smallest absolute Gasteiger partial charge is 0.181 e. The van der Waals surface area contributed by atoms with Crippen LogP contribution in [0.1, 0.15) is 18.4 Å². The summed E-state index contributed by atoms with van der Waals surface area (Å²) in [6.07, 6.45) is 2.57. The molecule has 94 valence electrons. The van der Waals surface area contributed by atoms with Crippen LogP contribution >= 0.6 is 0 Å². The van der Waals surface area contributed by atoms with Gasteiger partial charge in [0.25, 0.3) is 0 Å². The first-order valence-corrected chi connectivity index (χ1v) is 7.08. The zero-order valence-corrected chi connectivity index (χ0v) is 10.2. The molecular formula is C11H13F2NO2S. The lowest BCUT2D eigenvalue weighted by Crippen LogP contribution is -2.25. The highest BCUT2D eigenvalue weighted by molar-refractivity contribution is 7.90. The lowest BCUT2D eigenvalue weighted by molar-refractivity contribution is 0.505. The van der Waals surface area contributed by atoms with Crippen molar-refractivity contribution in [2.24, 2.45) is 5.73 Å². The molecule has 0 spiro atoms. The fraction of sp³-hybridized carbons (Fsp3) is 0.455. The minimum Gasteiger partial charge on any atom is -0.325 e. The average molecular weight is 261 g/mol. The van der Waals surface area contributed by atoms with E-state index < -0.39 is 31.9 Å². The molecule has 1 fully saturated rings. The van der Waals surface area contributed by atoms with Crippen molar-refractivity contribution in [1.82, 2.24) is 0 Å². The van der Waals surface area contributed by atoms with Gasteiger partial charge in [-0.15, -0.1) is 0 Å². The Hall–Kier alpha value is -1.01. The highest BCUT2D eigenvalue weighted by atomic mass is 32.2. The van der Waals surface area contributed by atoms with E-state index in [9.17, 15) is 17.2 Å². The van der Waals surface area contributed by atoms with Gasteiger partial charge in [0.2, 0.25) is 0 Å². The van der Waals surface area contributed by atoms with Crippen molar-refractivity contribution < 1.29 is 17.2 Å². The molecule has 0 amide bonds. The maximum Gasteiger partial charge on any atom is 0.181 e. The normalized spacial score (nSPS) is 18.1. The van der Waals surface area contributed by atoms with Crippen LogP contribution in [-0.2, 0) is 16.3 Å². The molecule has 1 aromatic rings. The topological polar surface area (TPSA) is 60.2 Å². The molecule has 0 bridgehead atoms. The molecule has 6 heteroatoms. The number of sulfone groups is 1. The van der Waals surface area contributed by atoms with E-state index in [1.165, 1.54) is 6.07 Å². The largest absolute Gasteiger partial charge is 0.325 e.